The van der Waals surface area contributed by atoms with Crippen molar-refractivity contribution in [1.29, 1.82) is 0 Å². The van der Waals surface area contributed by atoms with Crippen LogP contribution in [0.15, 0.2) is 36.5 Å². The van der Waals surface area contributed by atoms with Crippen LogP contribution in [0.5, 0.6) is 0 Å². The van der Waals surface area contributed by atoms with Gasteiger partial charge in [0, 0.05) is 0 Å². The van der Waals surface area contributed by atoms with Crippen molar-refractivity contribution in [1.82, 2.24) is 9.78 Å². The summed E-state index contributed by atoms with van der Waals surface area (Å²) in [6, 6.07) is 10.6. The van der Waals surface area contributed by atoms with E-state index in [2.05, 4.69) is 29.5 Å². The Morgan fingerprint density at radius 1 is 1.42 bits per heavy atom. The average molecular weight is 256 g/mol. The summed E-state index contributed by atoms with van der Waals surface area (Å²) in [5, 5.41) is 7.61. The number of nitrogens with zero attached hydrogens (tertiary/aromatic N) is 2. The first-order valence-corrected chi connectivity index (χ1v) is 6.35. The third kappa shape index (κ3) is 1.97. The molecule has 1 aliphatic rings. The Kier molecular flexibility index (Phi) is 2.74. The number of anilines is 1. The van der Waals surface area contributed by atoms with Crippen LogP contribution < -0.4 is 11.1 Å². The second kappa shape index (κ2) is 4.42. The summed E-state index contributed by atoms with van der Waals surface area (Å²) in [7, 11) is 0. The summed E-state index contributed by atoms with van der Waals surface area (Å²) in [5.41, 5.74) is 7.04. The van der Waals surface area contributed by atoms with E-state index in [1.807, 2.05) is 22.9 Å². The van der Waals surface area contributed by atoms with Gasteiger partial charge in [-0.15, -0.1) is 0 Å². The smallest absolute Gasteiger partial charge is 0.254 e. The molecule has 19 heavy (non-hydrogen) atoms. The van der Waals surface area contributed by atoms with Crippen LogP contribution in [0, 0.1) is 0 Å². The minimum Gasteiger partial charge on any atom is -0.365 e. The van der Waals surface area contributed by atoms with Crippen LogP contribution in [-0.4, -0.2) is 15.7 Å². The second-order valence-electron chi connectivity index (χ2n) is 4.91. The Bertz CT molecular complexity index is 605. The summed E-state index contributed by atoms with van der Waals surface area (Å²) < 4.78 is 1.83. The van der Waals surface area contributed by atoms with Crippen molar-refractivity contribution in [3.63, 3.8) is 0 Å². The molecule has 0 spiro atoms. The number of aromatic nitrogens is 2. The monoisotopic (exact) mass is 256 g/mol. The first kappa shape index (κ1) is 11.8. The van der Waals surface area contributed by atoms with Crippen molar-refractivity contribution >= 4 is 11.7 Å². The molecule has 0 radical (unpaired) electrons. The largest absolute Gasteiger partial charge is 0.365 e. The lowest BCUT2D eigenvalue weighted by Crippen LogP contribution is -2.27. The molecular weight excluding hydrogens is 240 g/mol. The zero-order chi connectivity index (χ0) is 13.4. The zero-order valence-corrected chi connectivity index (χ0v) is 10.7. The van der Waals surface area contributed by atoms with Crippen molar-refractivity contribution in [2.45, 2.75) is 25.4 Å². The lowest BCUT2D eigenvalue weighted by molar-refractivity contribution is 0.100. The lowest BCUT2D eigenvalue weighted by Gasteiger charge is -2.31. The number of fused-ring (bicyclic) bond motifs is 1. The van der Waals surface area contributed by atoms with Gasteiger partial charge in [-0.05, 0) is 18.9 Å². The van der Waals surface area contributed by atoms with Gasteiger partial charge in [0.2, 0.25) is 0 Å². The molecule has 2 aromatic rings. The molecule has 5 nitrogen and oxygen atoms in total. The van der Waals surface area contributed by atoms with Gasteiger partial charge in [-0.3, -0.25) is 4.79 Å². The third-order valence-electron chi connectivity index (χ3n) is 3.57. The zero-order valence-electron chi connectivity index (χ0n) is 10.7. The summed E-state index contributed by atoms with van der Waals surface area (Å²) in [5.74, 6) is 0.273. The van der Waals surface area contributed by atoms with Crippen LogP contribution >= 0.6 is 0 Å². The van der Waals surface area contributed by atoms with Crippen LogP contribution in [-0.2, 0) is 0 Å². The van der Waals surface area contributed by atoms with Crippen LogP contribution in [0.2, 0.25) is 0 Å². The standard InChI is InChI=1S/C14H16N4O/c1-9-7-12(10-5-3-2-4-6-10)17-14-11(13(15)19)8-16-18(9)14/h2-6,8-9,12,17H,7H2,1H3,(H2,15,19). The van der Waals surface area contributed by atoms with Crippen LogP contribution in [0.3, 0.4) is 0 Å². The van der Waals surface area contributed by atoms with Gasteiger partial charge in [0.25, 0.3) is 5.91 Å². The van der Waals surface area contributed by atoms with E-state index in [9.17, 15) is 4.79 Å². The first-order chi connectivity index (χ1) is 9.16. The van der Waals surface area contributed by atoms with Crippen LogP contribution in [0.1, 0.15) is 41.3 Å². The Balaban J connectivity index is 1.99. The van der Waals surface area contributed by atoms with E-state index in [1.54, 1.807) is 0 Å². The number of hydrogen-bond acceptors (Lipinski definition) is 3. The minimum atomic E-state index is -0.449. The van der Waals surface area contributed by atoms with Gasteiger partial charge < -0.3 is 11.1 Å². The Morgan fingerprint density at radius 2 is 2.16 bits per heavy atom. The van der Waals surface area contributed by atoms with E-state index in [-0.39, 0.29) is 12.1 Å². The van der Waals surface area contributed by atoms with Gasteiger partial charge in [0.05, 0.1) is 18.3 Å². The molecule has 2 unspecified atom stereocenters. The molecular formula is C14H16N4O. The van der Waals surface area contributed by atoms with E-state index in [4.69, 9.17) is 5.73 Å². The summed E-state index contributed by atoms with van der Waals surface area (Å²) in [4.78, 5) is 11.4. The molecule has 1 aliphatic heterocycles. The molecule has 3 rings (SSSR count). The van der Waals surface area contributed by atoms with Crippen molar-refractivity contribution in [3.8, 4) is 0 Å². The Labute approximate surface area is 111 Å². The highest BCUT2D eigenvalue weighted by molar-refractivity contribution is 5.97. The molecule has 0 saturated heterocycles. The third-order valence-corrected chi connectivity index (χ3v) is 3.57. The van der Waals surface area contributed by atoms with E-state index >= 15 is 0 Å². The van der Waals surface area contributed by atoms with Crippen molar-refractivity contribution < 1.29 is 4.79 Å². The second-order valence-corrected chi connectivity index (χ2v) is 4.91. The fourth-order valence-corrected chi connectivity index (χ4v) is 2.59. The fourth-order valence-electron chi connectivity index (χ4n) is 2.59. The predicted molar refractivity (Wildman–Crippen MR) is 72.9 cm³/mol. The minimum absolute atomic E-state index is 0.179. The number of nitrogens with two attached hydrogens (primary N) is 1. The molecule has 0 fully saturated rings. The molecule has 0 bridgehead atoms. The van der Waals surface area contributed by atoms with Gasteiger partial charge in [0.15, 0.2) is 0 Å². The fraction of sp³-hybridized carbons (Fsp3) is 0.286. The van der Waals surface area contributed by atoms with Gasteiger partial charge in [-0.25, -0.2) is 4.68 Å². The maximum atomic E-state index is 11.4. The number of carbonyl (C=O) groups is 1. The van der Waals surface area contributed by atoms with Gasteiger partial charge in [-0.1, -0.05) is 30.3 Å². The first-order valence-electron chi connectivity index (χ1n) is 6.35. The normalized spacial score (nSPS) is 21.5. The molecule has 2 heterocycles. The predicted octanol–water partition coefficient (Wildman–Crippen LogP) is 2.10. The average Bonchev–Trinajstić information content (AvgIpc) is 2.84. The number of nitrogens with one attached hydrogen (secondary N) is 1. The highest BCUT2D eigenvalue weighted by Gasteiger charge is 2.28. The topological polar surface area (TPSA) is 72.9 Å². The van der Waals surface area contributed by atoms with Crippen LogP contribution in [0.4, 0.5) is 5.82 Å². The Hall–Kier alpha value is -2.30. The number of carbonyl (C=O) groups excluding carboxylic acids is 1. The maximum absolute atomic E-state index is 11.4. The summed E-state index contributed by atoms with van der Waals surface area (Å²) in [6.07, 6.45) is 2.46. The molecule has 2 atom stereocenters. The number of amides is 1. The van der Waals surface area contributed by atoms with Crippen molar-refractivity contribution in [3.05, 3.63) is 47.7 Å². The maximum Gasteiger partial charge on any atom is 0.254 e. The van der Waals surface area contributed by atoms with Crippen molar-refractivity contribution in [2.75, 3.05) is 5.32 Å². The highest BCUT2D eigenvalue weighted by atomic mass is 16.1. The molecule has 0 aliphatic carbocycles. The van der Waals surface area contributed by atoms with Crippen LogP contribution in [0.25, 0.3) is 0 Å². The molecule has 3 N–H and O–H groups in total. The van der Waals surface area contributed by atoms with E-state index in [0.29, 0.717) is 5.56 Å². The number of primary amides is 1. The van der Waals surface area contributed by atoms with E-state index in [0.717, 1.165) is 12.2 Å². The summed E-state index contributed by atoms with van der Waals surface area (Å²) >= 11 is 0. The van der Waals surface area contributed by atoms with E-state index in [1.165, 1.54) is 11.8 Å². The Morgan fingerprint density at radius 3 is 2.84 bits per heavy atom. The van der Waals surface area contributed by atoms with E-state index < -0.39 is 5.91 Å². The molecule has 1 amide bonds. The quantitative estimate of drug-likeness (QED) is 0.864. The number of rotatable bonds is 2. The molecule has 1 aromatic carbocycles. The number of benzene rings is 1. The molecule has 1 aromatic heterocycles. The number of hydrogen-bond donors (Lipinski definition) is 2. The summed E-state index contributed by atoms with van der Waals surface area (Å²) in [6.45, 7) is 2.10. The highest BCUT2D eigenvalue weighted by Crippen LogP contribution is 2.35. The van der Waals surface area contributed by atoms with Gasteiger partial charge in [0.1, 0.15) is 11.4 Å². The SMILES string of the molecule is CC1CC(c2ccccc2)Nc2c(C(N)=O)cnn21. The molecule has 98 valence electrons. The van der Waals surface area contributed by atoms with Gasteiger partial charge in [-0.2, -0.15) is 5.10 Å². The lowest BCUT2D eigenvalue weighted by atomic mass is 9.98. The molecule has 5 heteroatoms. The van der Waals surface area contributed by atoms with Crippen molar-refractivity contribution in [2.24, 2.45) is 5.73 Å². The van der Waals surface area contributed by atoms with Gasteiger partial charge >= 0.3 is 0 Å². The molecule has 0 saturated carbocycles.